The molecule has 0 N–H and O–H groups in total. The fraction of sp³-hybridized carbons (Fsp3) is 0.200. The molecule has 0 aliphatic carbocycles. The number of rotatable bonds is 1. The summed E-state index contributed by atoms with van der Waals surface area (Å²) in [4.78, 5) is 27.7. The maximum absolute atomic E-state index is 11.4. The predicted molar refractivity (Wildman–Crippen MR) is 55.7 cm³/mol. The summed E-state index contributed by atoms with van der Waals surface area (Å²) in [7, 11) is 0. The second-order valence-corrected chi connectivity index (χ2v) is 3.66. The van der Waals surface area contributed by atoms with Gasteiger partial charge >= 0.3 is 0 Å². The summed E-state index contributed by atoms with van der Waals surface area (Å²) in [5.41, 5.74) is 0.213. The van der Waals surface area contributed by atoms with Crippen LogP contribution >= 0.6 is 11.6 Å². The third-order valence-electron chi connectivity index (χ3n) is 2.24. The molecule has 0 aromatic carbocycles. The molecule has 1 aromatic rings. The lowest BCUT2D eigenvalue weighted by Crippen LogP contribution is -2.29. The van der Waals surface area contributed by atoms with Gasteiger partial charge in [-0.1, -0.05) is 11.6 Å². The van der Waals surface area contributed by atoms with Gasteiger partial charge in [0.1, 0.15) is 11.9 Å². The van der Waals surface area contributed by atoms with E-state index in [-0.39, 0.29) is 41.1 Å². The molecule has 80 valence electrons. The van der Waals surface area contributed by atoms with Crippen LogP contribution in [0.3, 0.4) is 0 Å². The molecule has 5 nitrogen and oxygen atoms in total. The van der Waals surface area contributed by atoms with Crippen molar-refractivity contribution in [1.82, 2.24) is 4.98 Å². The quantitative estimate of drug-likeness (QED) is 0.687. The molecule has 1 aliphatic rings. The van der Waals surface area contributed by atoms with Crippen molar-refractivity contribution in [2.45, 2.75) is 12.8 Å². The molecule has 0 bridgehead atoms. The Bertz CT molecular complexity index is 505. The lowest BCUT2D eigenvalue weighted by atomic mass is 10.3. The van der Waals surface area contributed by atoms with Crippen molar-refractivity contribution in [3.05, 3.63) is 22.8 Å². The molecule has 0 spiro atoms. The Morgan fingerprint density at radius 2 is 2.00 bits per heavy atom. The third kappa shape index (κ3) is 1.64. The number of carbonyl (C=O) groups is 2. The highest BCUT2D eigenvalue weighted by molar-refractivity contribution is 6.32. The molecule has 2 amide bonds. The van der Waals surface area contributed by atoms with Crippen LogP contribution in [-0.4, -0.2) is 16.8 Å². The maximum Gasteiger partial charge on any atom is 0.235 e. The first-order valence-corrected chi connectivity index (χ1v) is 4.92. The van der Waals surface area contributed by atoms with Crippen LogP contribution in [0.4, 0.5) is 5.82 Å². The molecule has 1 aromatic heterocycles. The summed E-state index contributed by atoms with van der Waals surface area (Å²) in [6, 6.07) is 3.20. The normalized spacial score (nSPS) is 15.4. The van der Waals surface area contributed by atoms with Gasteiger partial charge in [0.2, 0.25) is 11.8 Å². The van der Waals surface area contributed by atoms with Crippen LogP contribution in [0.1, 0.15) is 18.4 Å². The Morgan fingerprint density at radius 1 is 1.38 bits per heavy atom. The molecule has 1 fully saturated rings. The van der Waals surface area contributed by atoms with Gasteiger partial charge in [-0.25, -0.2) is 9.88 Å². The van der Waals surface area contributed by atoms with Gasteiger partial charge in [-0.15, -0.1) is 0 Å². The van der Waals surface area contributed by atoms with Crippen LogP contribution in [0.2, 0.25) is 5.02 Å². The molecule has 16 heavy (non-hydrogen) atoms. The van der Waals surface area contributed by atoms with E-state index in [2.05, 4.69) is 4.98 Å². The van der Waals surface area contributed by atoms with E-state index in [0.717, 1.165) is 4.90 Å². The SMILES string of the molecule is N#Cc1cnc(N2C(=O)CCC2=O)cc1Cl. The standard InChI is InChI=1S/C10H6ClN3O2/c11-7-3-8(13-5-6(7)4-12)14-9(15)1-2-10(14)16/h3,5H,1-2H2. The number of hydrogen-bond donors (Lipinski definition) is 0. The Balaban J connectivity index is 2.42. The fourth-order valence-electron chi connectivity index (χ4n) is 1.46. The maximum atomic E-state index is 11.4. The highest BCUT2D eigenvalue weighted by atomic mass is 35.5. The van der Waals surface area contributed by atoms with Crippen LogP contribution in [0.25, 0.3) is 0 Å². The molecule has 2 heterocycles. The average Bonchev–Trinajstić information content (AvgIpc) is 2.58. The minimum atomic E-state index is -0.293. The Kier molecular flexibility index (Phi) is 2.59. The first-order chi connectivity index (χ1) is 7.63. The number of amides is 2. The van der Waals surface area contributed by atoms with Crippen molar-refractivity contribution in [3.63, 3.8) is 0 Å². The van der Waals surface area contributed by atoms with Gasteiger partial charge in [-0.2, -0.15) is 5.26 Å². The average molecular weight is 236 g/mol. The number of nitriles is 1. The predicted octanol–water partition coefficient (Wildman–Crippen LogP) is 1.26. The molecule has 0 saturated carbocycles. The van der Waals surface area contributed by atoms with Crippen LogP contribution in [0.5, 0.6) is 0 Å². The summed E-state index contributed by atoms with van der Waals surface area (Å²) in [6.45, 7) is 0. The largest absolute Gasteiger partial charge is 0.274 e. The minimum absolute atomic E-state index is 0.177. The van der Waals surface area contributed by atoms with Crippen molar-refractivity contribution < 1.29 is 9.59 Å². The van der Waals surface area contributed by atoms with Crippen LogP contribution in [-0.2, 0) is 9.59 Å². The number of halogens is 1. The van der Waals surface area contributed by atoms with Crippen molar-refractivity contribution in [2.75, 3.05) is 4.90 Å². The van der Waals surface area contributed by atoms with Crippen molar-refractivity contribution in [1.29, 1.82) is 5.26 Å². The van der Waals surface area contributed by atoms with E-state index in [1.54, 1.807) is 0 Å². The molecule has 0 radical (unpaired) electrons. The summed E-state index contributed by atoms with van der Waals surface area (Å²) < 4.78 is 0. The molecular weight excluding hydrogens is 230 g/mol. The van der Waals surface area contributed by atoms with Crippen LogP contribution in [0, 0.1) is 11.3 Å². The van der Waals surface area contributed by atoms with Gasteiger partial charge < -0.3 is 0 Å². The number of carbonyl (C=O) groups excluding carboxylic acids is 2. The van der Waals surface area contributed by atoms with Crippen molar-refractivity contribution >= 4 is 29.2 Å². The summed E-state index contributed by atoms with van der Waals surface area (Å²) in [6.07, 6.45) is 1.63. The van der Waals surface area contributed by atoms with Crippen LogP contribution < -0.4 is 4.90 Å². The van der Waals surface area contributed by atoms with E-state index in [0.29, 0.717) is 0 Å². The molecule has 6 heteroatoms. The second-order valence-electron chi connectivity index (χ2n) is 3.26. The highest BCUT2D eigenvalue weighted by Crippen LogP contribution is 2.24. The zero-order valence-electron chi connectivity index (χ0n) is 8.11. The topological polar surface area (TPSA) is 74.1 Å². The molecule has 2 rings (SSSR count). The molecule has 1 saturated heterocycles. The lowest BCUT2D eigenvalue weighted by Gasteiger charge is -2.12. The number of anilines is 1. The molecule has 0 unspecified atom stereocenters. The van der Waals surface area contributed by atoms with E-state index in [4.69, 9.17) is 16.9 Å². The van der Waals surface area contributed by atoms with Gasteiger partial charge in [-0.05, 0) is 0 Å². The number of nitrogens with zero attached hydrogens (tertiary/aromatic N) is 3. The zero-order valence-corrected chi connectivity index (χ0v) is 8.86. The number of imide groups is 1. The number of pyridine rings is 1. The fourth-order valence-corrected chi connectivity index (χ4v) is 1.65. The lowest BCUT2D eigenvalue weighted by molar-refractivity contribution is -0.121. The van der Waals surface area contributed by atoms with Gasteiger partial charge in [0.25, 0.3) is 0 Å². The van der Waals surface area contributed by atoms with Crippen molar-refractivity contribution in [3.8, 4) is 6.07 Å². The third-order valence-corrected chi connectivity index (χ3v) is 2.55. The smallest absolute Gasteiger partial charge is 0.235 e. The Hall–Kier alpha value is -1.93. The molecule has 1 aliphatic heterocycles. The van der Waals surface area contributed by atoms with Crippen molar-refractivity contribution in [2.24, 2.45) is 0 Å². The molecule has 0 atom stereocenters. The highest BCUT2D eigenvalue weighted by Gasteiger charge is 2.31. The minimum Gasteiger partial charge on any atom is -0.274 e. The summed E-state index contributed by atoms with van der Waals surface area (Å²) in [5.74, 6) is -0.409. The molecular formula is C10H6ClN3O2. The summed E-state index contributed by atoms with van der Waals surface area (Å²) in [5, 5.41) is 8.84. The second kappa shape index (κ2) is 3.91. The van der Waals surface area contributed by atoms with Crippen LogP contribution in [0.15, 0.2) is 12.3 Å². The van der Waals surface area contributed by atoms with E-state index in [1.165, 1.54) is 12.3 Å². The monoisotopic (exact) mass is 235 g/mol. The van der Waals surface area contributed by atoms with Gasteiger partial charge in [0, 0.05) is 25.1 Å². The van der Waals surface area contributed by atoms with E-state index in [1.807, 2.05) is 6.07 Å². The van der Waals surface area contributed by atoms with Gasteiger partial charge in [0.05, 0.1) is 10.6 Å². The van der Waals surface area contributed by atoms with E-state index in [9.17, 15) is 9.59 Å². The number of aromatic nitrogens is 1. The van der Waals surface area contributed by atoms with Gasteiger partial charge in [-0.3, -0.25) is 9.59 Å². The zero-order chi connectivity index (χ0) is 11.7. The summed E-state index contributed by atoms with van der Waals surface area (Å²) >= 11 is 5.79. The number of hydrogen-bond acceptors (Lipinski definition) is 4. The van der Waals surface area contributed by atoms with E-state index >= 15 is 0 Å². The Morgan fingerprint density at radius 3 is 2.50 bits per heavy atom. The van der Waals surface area contributed by atoms with Gasteiger partial charge in [0.15, 0.2) is 0 Å². The first-order valence-electron chi connectivity index (χ1n) is 4.55. The first kappa shape index (κ1) is 10.6. The van der Waals surface area contributed by atoms with E-state index < -0.39 is 0 Å². The Labute approximate surface area is 96.2 Å².